The second-order valence-corrected chi connectivity index (χ2v) is 3.51. The van der Waals surface area contributed by atoms with Gasteiger partial charge in [0.25, 0.3) is 0 Å². The van der Waals surface area contributed by atoms with Crippen molar-refractivity contribution in [3.05, 3.63) is 23.0 Å². The van der Waals surface area contributed by atoms with Gasteiger partial charge in [0.2, 0.25) is 0 Å². The van der Waals surface area contributed by atoms with Crippen molar-refractivity contribution < 1.29 is 0 Å². The number of imidazole rings is 1. The zero-order chi connectivity index (χ0) is 9.14. The summed E-state index contributed by atoms with van der Waals surface area (Å²) in [6.45, 7) is 8.23. The Morgan fingerprint density at radius 3 is 2.58 bits per heavy atom. The van der Waals surface area contributed by atoms with E-state index in [4.69, 9.17) is 0 Å². The predicted octanol–water partition coefficient (Wildman–Crippen LogP) is 3.04. The van der Waals surface area contributed by atoms with Crippen molar-refractivity contribution in [1.82, 2.24) is 9.38 Å². The van der Waals surface area contributed by atoms with Crippen LogP contribution in [0.3, 0.4) is 0 Å². The molecule has 0 saturated carbocycles. The molecule has 0 spiro atoms. The van der Waals surface area contributed by atoms with Crippen LogP contribution in [0.25, 0.3) is 4.96 Å². The van der Waals surface area contributed by atoms with Crippen LogP contribution in [0.15, 0.2) is 12.4 Å². The van der Waals surface area contributed by atoms with Crippen LogP contribution >= 0.6 is 11.3 Å². The minimum absolute atomic E-state index is 1.09. The maximum atomic E-state index is 4.18. The lowest BCUT2D eigenvalue weighted by Gasteiger charge is -1.86. The number of fused-ring (bicyclic) bond motifs is 1. The van der Waals surface area contributed by atoms with Crippen molar-refractivity contribution in [2.75, 3.05) is 0 Å². The van der Waals surface area contributed by atoms with Crippen LogP contribution in [0, 0.1) is 13.8 Å². The quantitative estimate of drug-likeness (QED) is 0.612. The number of aromatic nitrogens is 2. The average Bonchev–Trinajstić information content (AvgIpc) is 2.62. The van der Waals surface area contributed by atoms with E-state index >= 15 is 0 Å². The molecule has 0 saturated heterocycles. The molecular formula is C9H14N2S. The van der Waals surface area contributed by atoms with Crippen LogP contribution in [0.2, 0.25) is 0 Å². The molecule has 2 aromatic rings. The van der Waals surface area contributed by atoms with Crippen LogP contribution < -0.4 is 0 Å². The third-order valence-corrected chi connectivity index (χ3v) is 2.81. The zero-order valence-corrected chi connectivity index (χ0v) is 8.77. The van der Waals surface area contributed by atoms with Gasteiger partial charge in [-0.05, 0) is 13.8 Å². The molecule has 0 bridgehead atoms. The first-order chi connectivity index (χ1) is 5.79. The number of hydrogen-bond acceptors (Lipinski definition) is 2. The molecule has 3 heteroatoms. The third kappa shape index (κ3) is 1.37. The van der Waals surface area contributed by atoms with E-state index in [0.717, 1.165) is 4.96 Å². The summed E-state index contributed by atoms with van der Waals surface area (Å²) in [6.07, 6.45) is 3.83. The van der Waals surface area contributed by atoms with Gasteiger partial charge in [0, 0.05) is 23.0 Å². The third-order valence-electron chi connectivity index (χ3n) is 1.72. The van der Waals surface area contributed by atoms with Crippen molar-refractivity contribution >= 4 is 16.3 Å². The molecule has 0 unspecified atom stereocenters. The molecule has 0 aliphatic heterocycles. The second-order valence-electron chi connectivity index (χ2n) is 2.32. The van der Waals surface area contributed by atoms with Crippen molar-refractivity contribution in [2.24, 2.45) is 0 Å². The Hall–Kier alpha value is -0.830. The number of aryl methyl sites for hydroxylation is 2. The largest absolute Gasteiger partial charge is 0.295 e. The molecule has 12 heavy (non-hydrogen) atoms. The molecule has 0 atom stereocenters. The van der Waals surface area contributed by atoms with Crippen LogP contribution in [-0.2, 0) is 0 Å². The molecule has 0 aliphatic carbocycles. The highest BCUT2D eigenvalue weighted by molar-refractivity contribution is 7.17. The molecule has 0 amide bonds. The Morgan fingerprint density at radius 1 is 1.33 bits per heavy atom. The summed E-state index contributed by atoms with van der Waals surface area (Å²) >= 11 is 1.74. The molecule has 2 aromatic heterocycles. The fourth-order valence-electron chi connectivity index (χ4n) is 1.00. The van der Waals surface area contributed by atoms with E-state index < -0.39 is 0 Å². The minimum atomic E-state index is 1.09. The molecule has 2 heterocycles. The van der Waals surface area contributed by atoms with Gasteiger partial charge in [0.1, 0.15) is 0 Å². The number of hydrogen-bond donors (Lipinski definition) is 0. The molecule has 0 fully saturated rings. The Kier molecular flexibility index (Phi) is 2.87. The zero-order valence-electron chi connectivity index (χ0n) is 7.96. The summed E-state index contributed by atoms with van der Waals surface area (Å²) in [7, 11) is 0. The highest BCUT2D eigenvalue weighted by Gasteiger charge is 2.02. The van der Waals surface area contributed by atoms with Gasteiger partial charge in [0.15, 0.2) is 4.96 Å². The highest BCUT2D eigenvalue weighted by Crippen LogP contribution is 2.19. The normalized spacial score (nSPS) is 9.67. The Bertz CT molecular complexity index is 359. The standard InChI is InChI=1S/C7H8N2S.C2H6/c1-5-6(2)10-7-8-3-4-9(5)7;1-2/h3-4H,1-2H3;1-2H3. The van der Waals surface area contributed by atoms with E-state index in [1.807, 2.05) is 26.2 Å². The topological polar surface area (TPSA) is 17.3 Å². The highest BCUT2D eigenvalue weighted by atomic mass is 32.1. The number of nitrogens with zero attached hydrogens (tertiary/aromatic N) is 2. The molecule has 0 radical (unpaired) electrons. The molecular weight excluding hydrogens is 168 g/mol. The fraction of sp³-hybridized carbons (Fsp3) is 0.444. The first kappa shape index (κ1) is 9.26. The van der Waals surface area contributed by atoms with Crippen molar-refractivity contribution in [3.63, 3.8) is 0 Å². The van der Waals surface area contributed by atoms with E-state index in [2.05, 4.69) is 23.2 Å². The Labute approximate surface area is 76.9 Å². The fourth-order valence-corrected chi connectivity index (χ4v) is 1.93. The lowest BCUT2D eigenvalue weighted by Crippen LogP contribution is -1.80. The maximum absolute atomic E-state index is 4.18. The van der Waals surface area contributed by atoms with Gasteiger partial charge in [-0.15, -0.1) is 11.3 Å². The molecule has 2 rings (SSSR count). The van der Waals surface area contributed by atoms with Crippen molar-refractivity contribution in [2.45, 2.75) is 27.7 Å². The van der Waals surface area contributed by atoms with Gasteiger partial charge in [-0.1, -0.05) is 13.8 Å². The SMILES string of the molecule is CC.Cc1sc2nccn2c1C. The first-order valence-corrected chi connectivity index (χ1v) is 5.00. The monoisotopic (exact) mass is 182 g/mol. The van der Waals surface area contributed by atoms with Crippen LogP contribution in [0.1, 0.15) is 24.4 Å². The van der Waals surface area contributed by atoms with E-state index in [1.54, 1.807) is 11.3 Å². The van der Waals surface area contributed by atoms with E-state index in [9.17, 15) is 0 Å². The van der Waals surface area contributed by atoms with Crippen LogP contribution in [0.5, 0.6) is 0 Å². The Morgan fingerprint density at radius 2 is 2.00 bits per heavy atom. The lowest BCUT2D eigenvalue weighted by atomic mass is 10.4. The molecule has 66 valence electrons. The molecule has 2 nitrogen and oxygen atoms in total. The van der Waals surface area contributed by atoms with Gasteiger partial charge in [-0.3, -0.25) is 4.40 Å². The second kappa shape index (κ2) is 3.72. The molecule has 0 N–H and O–H groups in total. The van der Waals surface area contributed by atoms with E-state index in [1.165, 1.54) is 10.6 Å². The van der Waals surface area contributed by atoms with Gasteiger partial charge in [0.05, 0.1) is 0 Å². The average molecular weight is 182 g/mol. The summed E-state index contributed by atoms with van der Waals surface area (Å²) < 4.78 is 2.11. The number of thiazole rings is 1. The summed E-state index contributed by atoms with van der Waals surface area (Å²) in [5.41, 5.74) is 1.30. The lowest BCUT2D eigenvalue weighted by molar-refractivity contribution is 1.11. The summed E-state index contributed by atoms with van der Waals surface area (Å²) in [5, 5.41) is 0. The van der Waals surface area contributed by atoms with Gasteiger partial charge in [-0.2, -0.15) is 0 Å². The van der Waals surface area contributed by atoms with E-state index in [-0.39, 0.29) is 0 Å². The van der Waals surface area contributed by atoms with Crippen molar-refractivity contribution in [3.8, 4) is 0 Å². The van der Waals surface area contributed by atoms with Gasteiger partial charge in [-0.25, -0.2) is 4.98 Å². The van der Waals surface area contributed by atoms with Gasteiger partial charge < -0.3 is 0 Å². The molecule has 0 aromatic carbocycles. The first-order valence-electron chi connectivity index (χ1n) is 4.18. The summed E-state index contributed by atoms with van der Waals surface area (Å²) in [5.74, 6) is 0. The van der Waals surface area contributed by atoms with Gasteiger partial charge >= 0.3 is 0 Å². The number of rotatable bonds is 0. The molecule has 0 aliphatic rings. The van der Waals surface area contributed by atoms with Crippen LogP contribution in [0.4, 0.5) is 0 Å². The van der Waals surface area contributed by atoms with Crippen LogP contribution in [-0.4, -0.2) is 9.38 Å². The Balaban J connectivity index is 0.000000336. The summed E-state index contributed by atoms with van der Waals surface area (Å²) in [6, 6.07) is 0. The van der Waals surface area contributed by atoms with E-state index in [0.29, 0.717) is 0 Å². The smallest absolute Gasteiger partial charge is 0.194 e. The summed E-state index contributed by atoms with van der Waals surface area (Å²) in [4.78, 5) is 6.62. The minimum Gasteiger partial charge on any atom is -0.295 e. The predicted molar refractivity (Wildman–Crippen MR) is 53.9 cm³/mol. The maximum Gasteiger partial charge on any atom is 0.194 e. The van der Waals surface area contributed by atoms with Crippen molar-refractivity contribution in [1.29, 1.82) is 0 Å².